The summed E-state index contributed by atoms with van der Waals surface area (Å²) >= 11 is 1.50. The molecule has 4 N–H and O–H groups in total. The molecule has 0 spiro atoms. The first-order valence-electron chi connectivity index (χ1n) is 10.7. The summed E-state index contributed by atoms with van der Waals surface area (Å²) in [6.07, 6.45) is 2.10. The Bertz CT molecular complexity index is 1260. The molecule has 0 radical (unpaired) electrons. The largest absolute Gasteiger partial charge is 2.00 e. The molecule has 7 nitrogen and oxygen atoms in total. The molecule has 0 bridgehead atoms. The molecule has 3 heterocycles. The van der Waals surface area contributed by atoms with Gasteiger partial charge in [-0.2, -0.15) is 11.5 Å². The van der Waals surface area contributed by atoms with Gasteiger partial charge in [-0.15, -0.1) is 23.5 Å². The van der Waals surface area contributed by atoms with Crippen LogP contribution in [0.1, 0.15) is 24.0 Å². The minimum absolute atomic E-state index is 0. The van der Waals surface area contributed by atoms with Crippen LogP contribution in [-0.4, -0.2) is 34.1 Å². The van der Waals surface area contributed by atoms with Gasteiger partial charge in [0.25, 0.3) is 5.56 Å². The molecule has 9 heteroatoms. The van der Waals surface area contributed by atoms with E-state index in [1.165, 1.54) is 11.3 Å². The first-order chi connectivity index (χ1) is 15.7. The number of para-hydroxylation sites is 1. The Balaban J connectivity index is 0.00000259. The summed E-state index contributed by atoms with van der Waals surface area (Å²) in [5.74, 6) is 0.912. The van der Waals surface area contributed by atoms with Crippen molar-refractivity contribution >= 4 is 33.3 Å². The molecule has 0 aliphatic carbocycles. The Hall–Kier alpha value is -2.85. The fourth-order valence-electron chi connectivity index (χ4n) is 3.81. The number of anilines is 2. The van der Waals surface area contributed by atoms with Crippen LogP contribution in [0.15, 0.2) is 53.3 Å². The molecule has 1 aliphatic rings. The second kappa shape index (κ2) is 10.4. The van der Waals surface area contributed by atoms with Crippen molar-refractivity contribution in [3.05, 3.63) is 83.5 Å². The fraction of sp³-hybridized carbons (Fsp3) is 0.208. The minimum atomic E-state index is -0.232. The molecule has 1 unspecified atom stereocenters. The predicted molar refractivity (Wildman–Crippen MR) is 131 cm³/mol. The standard InChI is InChI=1S/C24H24N6OS.Os/c1-15-7-2-3-8-16(15)13-26-24-29-21(27-17-9-6-12-25-14-17)20(22(31)30-24)23-28-18-10-4-5-11-19(18)32-23;/h2-5,7-8,10-11,13,17,25H,1,6,9,12,14H2,(H3,26,27,29,30,31);/q-2;+2. The number of rotatable bonds is 6. The number of hydrogen-bond donors (Lipinski definition) is 4. The Morgan fingerprint density at radius 1 is 1.12 bits per heavy atom. The quantitative estimate of drug-likeness (QED) is 0.240. The van der Waals surface area contributed by atoms with Crippen LogP contribution in [0, 0.1) is 13.5 Å². The topological polar surface area (TPSA) is 94.7 Å². The van der Waals surface area contributed by atoms with E-state index < -0.39 is 0 Å². The van der Waals surface area contributed by atoms with Crippen LogP contribution in [0.4, 0.5) is 11.8 Å². The summed E-state index contributed by atoms with van der Waals surface area (Å²) in [7, 11) is 0. The van der Waals surface area contributed by atoms with Crippen LogP contribution >= 0.6 is 11.3 Å². The van der Waals surface area contributed by atoms with E-state index in [2.05, 4.69) is 27.9 Å². The molecule has 0 amide bonds. The molecule has 2 aromatic heterocycles. The number of H-pyrrole nitrogens is 1. The van der Waals surface area contributed by atoms with Crippen molar-refractivity contribution in [1.82, 2.24) is 20.3 Å². The van der Waals surface area contributed by atoms with Crippen molar-refractivity contribution in [3.63, 3.8) is 0 Å². The Morgan fingerprint density at radius 2 is 1.94 bits per heavy atom. The Kier molecular flexibility index (Phi) is 7.34. The van der Waals surface area contributed by atoms with Crippen LogP contribution in [0.5, 0.6) is 0 Å². The number of fused-ring (bicyclic) bond motifs is 1. The number of thiazole rings is 1. The van der Waals surface area contributed by atoms with E-state index in [4.69, 9.17) is 9.97 Å². The van der Waals surface area contributed by atoms with Crippen LogP contribution in [0.25, 0.3) is 20.8 Å². The van der Waals surface area contributed by atoms with Gasteiger partial charge in [-0.05, 0) is 31.5 Å². The van der Waals surface area contributed by atoms with Crippen molar-refractivity contribution < 1.29 is 19.8 Å². The van der Waals surface area contributed by atoms with Crippen LogP contribution in [0.3, 0.4) is 0 Å². The fourth-order valence-corrected chi connectivity index (χ4v) is 4.82. The van der Waals surface area contributed by atoms with E-state index in [1.54, 1.807) is 6.54 Å². The zero-order valence-corrected chi connectivity index (χ0v) is 21.2. The van der Waals surface area contributed by atoms with E-state index in [9.17, 15) is 4.79 Å². The van der Waals surface area contributed by atoms with Crippen molar-refractivity contribution in [2.45, 2.75) is 18.9 Å². The second-order valence-corrected chi connectivity index (χ2v) is 8.83. The van der Waals surface area contributed by atoms with Gasteiger partial charge in [0, 0.05) is 12.6 Å². The average Bonchev–Trinajstić information content (AvgIpc) is 3.22. The van der Waals surface area contributed by atoms with E-state index in [-0.39, 0.29) is 31.4 Å². The van der Waals surface area contributed by atoms with Gasteiger partial charge in [-0.25, -0.2) is 17.1 Å². The average molecular weight is 635 g/mol. The minimum Gasteiger partial charge on any atom is -0.397 e. The van der Waals surface area contributed by atoms with Crippen LogP contribution < -0.4 is 21.5 Å². The molecule has 1 fully saturated rings. The Labute approximate surface area is 209 Å². The SMILES string of the molecule is [CH2-]c1ccccc1[CH-]Nc1nc(NC2CCCNC2)c(-c2nc3ccccc3s2)c(=O)[nH]1.[Os+2]. The number of nitrogens with zero attached hydrogens (tertiary/aromatic N) is 2. The van der Waals surface area contributed by atoms with E-state index in [0.717, 1.165) is 47.3 Å². The zero-order valence-electron chi connectivity index (χ0n) is 17.9. The molecule has 1 saturated heterocycles. The molecule has 4 aromatic rings. The molecule has 1 aliphatic heterocycles. The van der Waals surface area contributed by atoms with Crippen LogP contribution in [0.2, 0.25) is 0 Å². The number of hydrogen-bond acceptors (Lipinski definition) is 7. The maximum absolute atomic E-state index is 13.2. The van der Waals surface area contributed by atoms with Gasteiger partial charge < -0.3 is 16.0 Å². The first-order valence-corrected chi connectivity index (χ1v) is 11.5. The number of benzene rings is 2. The summed E-state index contributed by atoms with van der Waals surface area (Å²) in [5.41, 5.74) is 2.93. The van der Waals surface area contributed by atoms with Gasteiger partial charge in [-0.3, -0.25) is 27.8 Å². The number of aromatic amines is 1. The van der Waals surface area contributed by atoms with Crippen molar-refractivity contribution in [2.75, 3.05) is 23.7 Å². The van der Waals surface area contributed by atoms with E-state index >= 15 is 0 Å². The summed E-state index contributed by atoms with van der Waals surface area (Å²) in [5, 5.41) is 10.7. The third kappa shape index (κ3) is 5.22. The molecular formula is C24H24N6OOsS. The maximum atomic E-state index is 13.2. The molecule has 0 saturated carbocycles. The van der Waals surface area contributed by atoms with Gasteiger partial charge in [0.05, 0.1) is 10.2 Å². The number of nitrogens with one attached hydrogen (secondary N) is 4. The molecule has 33 heavy (non-hydrogen) atoms. The van der Waals surface area contributed by atoms with Crippen molar-refractivity contribution in [2.24, 2.45) is 0 Å². The maximum Gasteiger partial charge on any atom is 2.00 e. The third-order valence-electron chi connectivity index (χ3n) is 5.48. The summed E-state index contributed by atoms with van der Waals surface area (Å²) in [6, 6.07) is 15.9. The summed E-state index contributed by atoms with van der Waals surface area (Å²) in [4.78, 5) is 25.5. The summed E-state index contributed by atoms with van der Waals surface area (Å²) < 4.78 is 1.04. The Morgan fingerprint density at radius 3 is 2.73 bits per heavy atom. The van der Waals surface area contributed by atoms with E-state index in [0.29, 0.717) is 22.3 Å². The second-order valence-electron chi connectivity index (χ2n) is 7.80. The van der Waals surface area contributed by atoms with Crippen molar-refractivity contribution in [3.8, 4) is 10.6 Å². The molecule has 170 valence electrons. The van der Waals surface area contributed by atoms with Gasteiger partial charge in [0.2, 0.25) is 0 Å². The molecule has 1 atom stereocenters. The predicted octanol–water partition coefficient (Wildman–Crippen LogP) is 4.01. The third-order valence-corrected chi connectivity index (χ3v) is 6.54. The summed E-state index contributed by atoms with van der Waals surface area (Å²) in [6.45, 7) is 7.67. The molecule has 2 aromatic carbocycles. The first kappa shape index (κ1) is 23.3. The molecular weight excluding hydrogens is 611 g/mol. The van der Waals surface area contributed by atoms with Gasteiger partial charge >= 0.3 is 19.8 Å². The van der Waals surface area contributed by atoms with Crippen LogP contribution in [-0.2, 0) is 19.8 Å². The normalized spacial score (nSPS) is 15.6. The van der Waals surface area contributed by atoms with Crippen molar-refractivity contribution in [1.29, 1.82) is 0 Å². The number of piperidine rings is 1. The van der Waals surface area contributed by atoms with Gasteiger partial charge in [0.15, 0.2) is 5.95 Å². The van der Waals surface area contributed by atoms with Gasteiger partial charge in [-0.1, -0.05) is 12.1 Å². The van der Waals surface area contributed by atoms with E-state index in [1.807, 2.05) is 48.5 Å². The zero-order chi connectivity index (χ0) is 21.9. The smallest absolute Gasteiger partial charge is 0.397 e. The number of aromatic nitrogens is 3. The monoisotopic (exact) mass is 636 g/mol. The molecule has 5 rings (SSSR count). The van der Waals surface area contributed by atoms with Gasteiger partial charge in [0.1, 0.15) is 16.4 Å².